The number of para-hydroxylation sites is 2. The van der Waals surface area contributed by atoms with Crippen LogP contribution < -0.4 is 5.32 Å². The quantitative estimate of drug-likeness (QED) is 0.546. The van der Waals surface area contributed by atoms with Gasteiger partial charge in [0.2, 0.25) is 5.95 Å². The molecule has 1 atom stereocenters. The van der Waals surface area contributed by atoms with E-state index in [2.05, 4.69) is 33.0 Å². The molecule has 0 radical (unpaired) electrons. The largest absolute Gasteiger partial charge is 0.338 e. The molecular weight excluding hydrogens is 388 g/mol. The van der Waals surface area contributed by atoms with Gasteiger partial charge in [-0.3, -0.25) is 4.79 Å². The highest BCUT2D eigenvalue weighted by molar-refractivity contribution is 5.95. The lowest BCUT2D eigenvalue weighted by atomic mass is 9.96. The molecule has 0 bridgehead atoms. The molecule has 1 unspecified atom stereocenters. The van der Waals surface area contributed by atoms with Crippen LogP contribution >= 0.6 is 0 Å². The second kappa shape index (κ2) is 8.18. The molecule has 7 nitrogen and oxygen atoms in total. The molecule has 1 aliphatic rings. The number of rotatable bonds is 4. The van der Waals surface area contributed by atoms with E-state index in [1.165, 1.54) is 0 Å². The summed E-state index contributed by atoms with van der Waals surface area (Å²) in [6.45, 7) is 1.44. The van der Waals surface area contributed by atoms with E-state index in [0.717, 1.165) is 41.9 Å². The summed E-state index contributed by atoms with van der Waals surface area (Å²) in [5, 5.41) is 3.15. The Hall–Kier alpha value is -3.74. The van der Waals surface area contributed by atoms with Crippen LogP contribution in [-0.2, 0) is 7.05 Å². The van der Waals surface area contributed by atoms with Crippen LogP contribution in [0.25, 0.3) is 11.0 Å². The number of carbonyl (C=O) groups excluding carboxylic acids is 1. The Balaban J connectivity index is 1.35. The molecule has 1 fully saturated rings. The van der Waals surface area contributed by atoms with E-state index in [1.807, 2.05) is 47.4 Å². The Morgan fingerprint density at radius 1 is 1.06 bits per heavy atom. The lowest BCUT2D eigenvalue weighted by Crippen LogP contribution is -2.39. The van der Waals surface area contributed by atoms with Gasteiger partial charge < -0.3 is 14.8 Å². The zero-order valence-corrected chi connectivity index (χ0v) is 17.4. The average Bonchev–Trinajstić information content (AvgIpc) is 3.16. The smallest absolute Gasteiger partial charge is 0.253 e. The highest BCUT2D eigenvalue weighted by atomic mass is 16.2. The molecule has 0 aliphatic carbocycles. The number of aromatic nitrogens is 4. The summed E-state index contributed by atoms with van der Waals surface area (Å²) in [5.41, 5.74) is 3.58. The van der Waals surface area contributed by atoms with Gasteiger partial charge in [-0.2, -0.15) is 0 Å². The molecule has 5 rings (SSSR count). The number of carbonyl (C=O) groups is 1. The fourth-order valence-corrected chi connectivity index (χ4v) is 4.31. The van der Waals surface area contributed by atoms with E-state index in [0.29, 0.717) is 18.1 Å². The SMILES string of the molecule is Cn1c(C2CCCN(C(=O)c3cccc(Nc4ncccn4)c3)C2)nc2ccccc21. The Bertz CT molecular complexity index is 1220. The molecule has 0 spiro atoms. The van der Waals surface area contributed by atoms with Crippen molar-refractivity contribution in [1.82, 2.24) is 24.4 Å². The predicted molar refractivity (Wildman–Crippen MR) is 120 cm³/mol. The number of nitrogens with one attached hydrogen (secondary N) is 1. The van der Waals surface area contributed by atoms with Gasteiger partial charge in [0.15, 0.2) is 0 Å². The van der Waals surface area contributed by atoms with Crippen molar-refractivity contribution >= 4 is 28.6 Å². The maximum atomic E-state index is 13.3. The molecule has 0 saturated carbocycles. The van der Waals surface area contributed by atoms with E-state index in [1.54, 1.807) is 18.5 Å². The number of imidazole rings is 1. The van der Waals surface area contributed by atoms with Gasteiger partial charge in [0.1, 0.15) is 5.82 Å². The number of fused-ring (bicyclic) bond motifs is 1. The van der Waals surface area contributed by atoms with Crippen LogP contribution in [-0.4, -0.2) is 43.4 Å². The molecule has 1 amide bonds. The third-order valence-corrected chi connectivity index (χ3v) is 5.83. The number of amides is 1. The van der Waals surface area contributed by atoms with Crippen molar-refractivity contribution < 1.29 is 4.79 Å². The molecule has 3 heterocycles. The highest BCUT2D eigenvalue weighted by Gasteiger charge is 2.28. The second-order valence-corrected chi connectivity index (χ2v) is 7.89. The van der Waals surface area contributed by atoms with E-state index in [-0.39, 0.29) is 11.8 Å². The molecule has 1 N–H and O–H groups in total. The minimum atomic E-state index is 0.0427. The van der Waals surface area contributed by atoms with Crippen molar-refractivity contribution in [2.45, 2.75) is 18.8 Å². The van der Waals surface area contributed by atoms with Gasteiger partial charge in [0.05, 0.1) is 11.0 Å². The summed E-state index contributed by atoms with van der Waals surface area (Å²) in [5.74, 6) is 1.83. The van der Waals surface area contributed by atoms with Crippen molar-refractivity contribution in [3.8, 4) is 0 Å². The molecule has 4 aromatic rings. The van der Waals surface area contributed by atoms with Crippen LogP contribution in [0, 0.1) is 0 Å². The van der Waals surface area contributed by atoms with Crippen LogP contribution in [0.4, 0.5) is 11.6 Å². The van der Waals surface area contributed by atoms with Gasteiger partial charge >= 0.3 is 0 Å². The number of hydrogen-bond donors (Lipinski definition) is 1. The van der Waals surface area contributed by atoms with E-state index in [9.17, 15) is 4.79 Å². The number of nitrogens with zero attached hydrogens (tertiary/aromatic N) is 5. The monoisotopic (exact) mass is 412 g/mol. The lowest BCUT2D eigenvalue weighted by molar-refractivity contribution is 0.0704. The molecule has 2 aromatic heterocycles. The van der Waals surface area contributed by atoms with Gasteiger partial charge in [-0.05, 0) is 49.2 Å². The standard InChI is InChI=1S/C24H24N6O/c1-29-21-11-3-2-10-20(21)28-22(29)18-8-5-14-30(16-18)23(31)17-7-4-9-19(15-17)27-24-25-12-6-13-26-24/h2-4,6-7,9-13,15,18H,5,8,14,16H2,1H3,(H,25,26,27). The third-order valence-electron chi connectivity index (χ3n) is 5.83. The Kier molecular flexibility index (Phi) is 5.08. The summed E-state index contributed by atoms with van der Waals surface area (Å²) in [4.78, 5) is 28.5. The molecular formula is C24H24N6O. The fourth-order valence-electron chi connectivity index (χ4n) is 4.31. The van der Waals surface area contributed by atoms with Gasteiger partial charge in [-0.1, -0.05) is 18.2 Å². The van der Waals surface area contributed by atoms with Gasteiger partial charge in [-0.25, -0.2) is 15.0 Å². The first-order valence-corrected chi connectivity index (χ1v) is 10.5. The number of anilines is 2. The lowest BCUT2D eigenvalue weighted by Gasteiger charge is -2.32. The van der Waals surface area contributed by atoms with Crippen molar-refractivity contribution in [1.29, 1.82) is 0 Å². The summed E-state index contributed by atoms with van der Waals surface area (Å²) in [6, 6.07) is 17.4. The minimum Gasteiger partial charge on any atom is -0.338 e. The van der Waals surface area contributed by atoms with Crippen molar-refractivity contribution in [3.63, 3.8) is 0 Å². The Morgan fingerprint density at radius 3 is 2.74 bits per heavy atom. The summed E-state index contributed by atoms with van der Waals surface area (Å²) < 4.78 is 2.17. The zero-order chi connectivity index (χ0) is 21.2. The van der Waals surface area contributed by atoms with E-state index < -0.39 is 0 Å². The average molecular weight is 412 g/mol. The normalized spacial score (nSPS) is 16.4. The molecule has 2 aromatic carbocycles. The van der Waals surface area contributed by atoms with Crippen LogP contribution in [0.3, 0.4) is 0 Å². The molecule has 31 heavy (non-hydrogen) atoms. The number of benzene rings is 2. The van der Waals surface area contributed by atoms with Crippen molar-refractivity contribution in [2.24, 2.45) is 7.05 Å². The first kappa shape index (κ1) is 19.2. The van der Waals surface area contributed by atoms with Crippen LogP contribution in [0.2, 0.25) is 0 Å². The molecule has 7 heteroatoms. The fraction of sp³-hybridized carbons (Fsp3) is 0.250. The maximum Gasteiger partial charge on any atom is 0.253 e. The third kappa shape index (κ3) is 3.86. The predicted octanol–water partition coefficient (Wildman–Crippen LogP) is 4.13. The first-order chi connectivity index (χ1) is 15.2. The second-order valence-electron chi connectivity index (χ2n) is 7.89. The molecule has 1 saturated heterocycles. The number of hydrogen-bond acceptors (Lipinski definition) is 5. The topological polar surface area (TPSA) is 75.9 Å². The summed E-state index contributed by atoms with van der Waals surface area (Å²) in [6.07, 6.45) is 5.36. The van der Waals surface area contributed by atoms with Crippen LogP contribution in [0.1, 0.15) is 34.9 Å². The maximum absolute atomic E-state index is 13.3. The molecule has 1 aliphatic heterocycles. The summed E-state index contributed by atoms with van der Waals surface area (Å²) >= 11 is 0. The number of likely N-dealkylation sites (tertiary alicyclic amines) is 1. The van der Waals surface area contributed by atoms with Crippen LogP contribution in [0.5, 0.6) is 0 Å². The van der Waals surface area contributed by atoms with Gasteiger partial charge in [0, 0.05) is 49.7 Å². The number of aryl methyl sites for hydroxylation is 1. The summed E-state index contributed by atoms with van der Waals surface area (Å²) in [7, 11) is 2.06. The Morgan fingerprint density at radius 2 is 1.90 bits per heavy atom. The van der Waals surface area contributed by atoms with Gasteiger partial charge in [-0.15, -0.1) is 0 Å². The first-order valence-electron chi connectivity index (χ1n) is 10.5. The van der Waals surface area contributed by atoms with Crippen LogP contribution in [0.15, 0.2) is 67.0 Å². The zero-order valence-electron chi connectivity index (χ0n) is 17.4. The van der Waals surface area contributed by atoms with Crippen molar-refractivity contribution in [2.75, 3.05) is 18.4 Å². The molecule has 156 valence electrons. The highest BCUT2D eigenvalue weighted by Crippen LogP contribution is 2.29. The Labute approximate surface area is 180 Å². The van der Waals surface area contributed by atoms with Crippen molar-refractivity contribution in [3.05, 3.63) is 78.4 Å². The van der Waals surface area contributed by atoms with E-state index >= 15 is 0 Å². The van der Waals surface area contributed by atoms with Gasteiger partial charge in [0.25, 0.3) is 5.91 Å². The minimum absolute atomic E-state index is 0.0427. The van der Waals surface area contributed by atoms with E-state index in [4.69, 9.17) is 4.98 Å². The number of piperidine rings is 1.